The van der Waals surface area contributed by atoms with Crippen molar-refractivity contribution in [2.24, 2.45) is 5.92 Å². The lowest BCUT2D eigenvalue weighted by molar-refractivity contribution is -0.133. The molecular weight excluding hydrogens is 128 g/mol. The molecule has 0 atom stereocenters. The molecule has 0 aliphatic carbocycles. The summed E-state index contributed by atoms with van der Waals surface area (Å²) >= 11 is 0. The number of esters is 1. The first-order chi connectivity index (χ1) is 4.66. The highest BCUT2D eigenvalue weighted by atomic mass is 16.5. The van der Waals surface area contributed by atoms with Gasteiger partial charge in [0.2, 0.25) is 0 Å². The largest absolute Gasteiger partial charge is 0.459 e. The molecule has 0 fully saturated rings. The molecule has 0 aliphatic heterocycles. The van der Waals surface area contributed by atoms with Crippen LogP contribution in [0.2, 0.25) is 0 Å². The zero-order chi connectivity index (χ0) is 7.98. The predicted octanol–water partition coefficient (Wildman–Crippen LogP) is 1.21. The maximum Gasteiger partial charge on any atom is 0.384 e. The molecule has 0 unspecified atom stereocenters. The predicted molar refractivity (Wildman–Crippen MR) is 39.2 cm³/mol. The Hall–Kier alpha value is -0.970. The number of methoxy groups -OCH3 is 1. The quantitative estimate of drug-likeness (QED) is 0.311. The minimum Gasteiger partial charge on any atom is -0.459 e. The summed E-state index contributed by atoms with van der Waals surface area (Å²) in [5, 5.41) is 0. The third-order valence-electron chi connectivity index (χ3n) is 0.886. The summed E-state index contributed by atoms with van der Waals surface area (Å²) in [6.07, 6.45) is 0.745. The maximum absolute atomic E-state index is 10.4. The summed E-state index contributed by atoms with van der Waals surface area (Å²) in [4.78, 5) is 10.4. The molecule has 0 aromatic rings. The van der Waals surface area contributed by atoms with Gasteiger partial charge in [-0.15, -0.1) is 0 Å². The molecule has 0 aromatic heterocycles. The van der Waals surface area contributed by atoms with Crippen LogP contribution < -0.4 is 0 Å². The Morgan fingerprint density at radius 2 is 2.20 bits per heavy atom. The number of ether oxygens (including phenoxy) is 1. The highest BCUT2D eigenvalue weighted by Gasteiger charge is 1.90. The van der Waals surface area contributed by atoms with Crippen LogP contribution >= 0.6 is 0 Å². The van der Waals surface area contributed by atoms with Crippen LogP contribution in [-0.4, -0.2) is 13.1 Å². The Morgan fingerprint density at radius 1 is 1.60 bits per heavy atom. The van der Waals surface area contributed by atoms with Crippen LogP contribution in [0, 0.1) is 17.8 Å². The third-order valence-corrected chi connectivity index (χ3v) is 0.886. The van der Waals surface area contributed by atoms with E-state index in [2.05, 4.69) is 16.6 Å². The normalized spacial score (nSPS) is 8.40. The van der Waals surface area contributed by atoms with E-state index in [1.165, 1.54) is 7.11 Å². The molecule has 0 radical (unpaired) electrons. The number of rotatable bonds is 1. The van der Waals surface area contributed by atoms with Crippen LogP contribution in [0.5, 0.6) is 0 Å². The molecule has 56 valence electrons. The van der Waals surface area contributed by atoms with E-state index in [-0.39, 0.29) is 0 Å². The second kappa shape index (κ2) is 4.87. The molecule has 0 amide bonds. The summed E-state index contributed by atoms with van der Waals surface area (Å²) in [6, 6.07) is 0. The number of hydrogen-bond acceptors (Lipinski definition) is 2. The first kappa shape index (κ1) is 9.03. The fourth-order valence-electron chi connectivity index (χ4n) is 0.378. The van der Waals surface area contributed by atoms with Crippen molar-refractivity contribution in [3.8, 4) is 11.8 Å². The second-order valence-electron chi connectivity index (χ2n) is 2.39. The molecule has 0 rings (SSSR count). The Bertz CT molecular complexity index is 160. The second-order valence-corrected chi connectivity index (χ2v) is 2.39. The van der Waals surface area contributed by atoms with Crippen molar-refractivity contribution < 1.29 is 9.53 Å². The lowest BCUT2D eigenvalue weighted by Crippen LogP contribution is -1.94. The van der Waals surface area contributed by atoms with Gasteiger partial charge in [-0.05, 0) is 5.92 Å². The topological polar surface area (TPSA) is 26.3 Å². The molecule has 0 saturated heterocycles. The number of carbonyl (C=O) groups is 1. The van der Waals surface area contributed by atoms with Crippen LogP contribution in [0.25, 0.3) is 0 Å². The first-order valence-corrected chi connectivity index (χ1v) is 3.23. The smallest absolute Gasteiger partial charge is 0.384 e. The highest BCUT2D eigenvalue weighted by Crippen LogP contribution is 1.95. The monoisotopic (exact) mass is 140 g/mol. The van der Waals surface area contributed by atoms with Crippen molar-refractivity contribution in [1.82, 2.24) is 0 Å². The third kappa shape index (κ3) is 5.17. The number of carbonyl (C=O) groups excluding carboxylic acids is 1. The summed E-state index contributed by atoms with van der Waals surface area (Å²) < 4.78 is 4.32. The molecule has 2 heteroatoms. The summed E-state index contributed by atoms with van der Waals surface area (Å²) in [5.41, 5.74) is 0. The standard InChI is InChI=1S/C8H12O2/c1-7(2)5-4-6-8(9)10-3/h7H,5H2,1-3H3. The number of hydrogen-bond donors (Lipinski definition) is 0. The van der Waals surface area contributed by atoms with Crippen LogP contribution in [-0.2, 0) is 9.53 Å². The van der Waals surface area contributed by atoms with Crippen LogP contribution in [0.15, 0.2) is 0 Å². The van der Waals surface area contributed by atoms with Crippen molar-refractivity contribution in [1.29, 1.82) is 0 Å². The first-order valence-electron chi connectivity index (χ1n) is 3.23. The summed E-state index contributed by atoms with van der Waals surface area (Å²) in [5.74, 6) is 5.12. The van der Waals surface area contributed by atoms with E-state index in [1.54, 1.807) is 0 Å². The summed E-state index contributed by atoms with van der Waals surface area (Å²) in [6.45, 7) is 4.10. The summed E-state index contributed by atoms with van der Waals surface area (Å²) in [7, 11) is 1.33. The van der Waals surface area contributed by atoms with Crippen molar-refractivity contribution in [3.63, 3.8) is 0 Å². The van der Waals surface area contributed by atoms with Gasteiger partial charge in [-0.25, -0.2) is 4.79 Å². The van der Waals surface area contributed by atoms with E-state index in [0.717, 1.165) is 6.42 Å². The van der Waals surface area contributed by atoms with Gasteiger partial charge in [0.1, 0.15) is 0 Å². The van der Waals surface area contributed by atoms with Crippen molar-refractivity contribution in [2.75, 3.05) is 7.11 Å². The molecule has 0 N–H and O–H groups in total. The zero-order valence-electron chi connectivity index (χ0n) is 6.60. The molecule has 0 saturated carbocycles. The van der Waals surface area contributed by atoms with Crippen LogP contribution in [0.3, 0.4) is 0 Å². The average Bonchev–Trinajstić information content (AvgIpc) is 1.87. The zero-order valence-corrected chi connectivity index (χ0v) is 6.60. The van der Waals surface area contributed by atoms with E-state index >= 15 is 0 Å². The SMILES string of the molecule is COC(=O)C#CCC(C)C. The van der Waals surface area contributed by atoms with E-state index in [9.17, 15) is 4.79 Å². The lowest BCUT2D eigenvalue weighted by Gasteiger charge is -1.92. The molecule has 0 aromatic carbocycles. The van der Waals surface area contributed by atoms with E-state index < -0.39 is 5.97 Å². The van der Waals surface area contributed by atoms with E-state index in [4.69, 9.17) is 0 Å². The Balaban J connectivity index is 3.59. The molecule has 2 nitrogen and oxygen atoms in total. The van der Waals surface area contributed by atoms with Gasteiger partial charge in [0, 0.05) is 12.3 Å². The van der Waals surface area contributed by atoms with Gasteiger partial charge in [-0.1, -0.05) is 19.8 Å². The van der Waals surface area contributed by atoms with E-state index in [1.807, 2.05) is 13.8 Å². The van der Waals surface area contributed by atoms with Gasteiger partial charge < -0.3 is 4.74 Å². The molecule has 10 heavy (non-hydrogen) atoms. The van der Waals surface area contributed by atoms with Gasteiger partial charge in [0.15, 0.2) is 0 Å². The average molecular weight is 140 g/mol. The Morgan fingerprint density at radius 3 is 2.60 bits per heavy atom. The van der Waals surface area contributed by atoms with E-state index in [0.29, 0.717) is 5.92 Å². The lowest BCUT2D eigenvalue weighted by atomic mass is 10.1. The minimum atomic E-state index is -0.458. The van der Waals surface area contributed by atoms with Gasteiger partial charge in [0.05, 0.1) is 7.11 Å². The van der Waals surface area contributed by atoms with Crippen LogP contribution in [0.1, 0.15) is 20.3 Å². The van der Waals surface area contributed by atoms with Gasteiger partial charge >= 0.3 is 5.97 Å². The van der Waals surface area contributed by atoms with Gasteiger partial charge in [-0.2, -0.15) is 0 Å². The molecule has 0 heterocycles. The van der Waals surface area contributed by atoms with Crippen molar-refractivity contribution in [3.05, 3.63) is 0 Å². The molecule has 0 aliphatic rings. The van der Waals surface area contributed by atoms with Gasteiger partial charge in [-0.3, -0.25) is 0 Å². The van der Waals surface area contributed by atoms with Crippen molar-refractivity contribution >= 4 is 5.97 Å². The van der Waals surface area contributed by atoms with Crippen LogP contribution in [0.4, 0.5) is 0 Å². The highest BCUT2D eigenvalue weighted by molar-refractivity contribution is 5.88. The molecular formula is C8H12O2. The maximum atomic E-state index is 10.4. The Labute approximate surface area is 61.6 Å². The van der Waals surface area contributed by atoms with Gasteiger partial charge in [0.25, 0.3) is 0 Å². The van der Waals surface area contributed by atoms with Crippen molar-refractivity contribution in [2.45, 2.75) is 20.3 Å². The minimum absolute atomic E-state index is 0.458. The molecule has 0 spiro atoms. The Kier molecular flexibility index (Phi) is 4.39. The fraction of sp³-hybridized carbons (Fsp3) is 0.625. The fourth-order valence-corrected chi connectivity index (χ4v) is 0.378. The molecule has 0 bridgehead atoms.